The number of nitrogens with zero attached hydrogens (tertiary/aromatic N) is 3. The second-order valence-electron chi connectivity index (χ2n) is 12.1. The minimum absolute atomic E-state index is 0.0825. The van der Waals surface area contributed by atoms with E-state index in [0.717, 1.165) is 42.2 Å². The fraction of sp³-hybridized carbons (Fsp3) is 0.621. The maximum absolute atomic E-state index is 12.1. The predicted octanol–water partition coefficient (Wildman–Crippen LogP) is 4.47. The summed E-state index contributed by atoms with van der Waals surface area (Å²) in [5.41, 5.74) is 2.16. The summed E-state index contributed by atoms with van der Waals surface area (Å²) >= 11 is 0. The molecule has 1 saturated carbocycles. The molecule has 5 fully saturated rings. The summed E-state index contributed by atoms with van der Waals surface area (Å²) in [6, 6.07) is 7.27. The molecule has 10 nitrogen and oxygen atoms in total. The van der Waals surface area contributed by atoms with Crippen molar-refractivity contribution in [3.05, 3.63) is 57.7 Å². The van der Waals surface area contributed by atoms with Crippen LogP contribution in [-0.4, -0.2) is 39.0 Å². The Hall–Kier alpha value is -2.63. The van der Waals surface area contributed by atoms with Crippen molar-refractivity contribution in [2.75, 3.05) is 0 Å². The van der Waals surface area contributed by atoms with E-state index in [1.807, 2.05) is 38.2 Å². The van der Waals surface area contributed by atoms with Crippen LogP contribution in [0, 0.1) is 30.6 Å². The highest BCUT2D eigenvalue weighted by atomic mass is 17.3. The zero-order valence-electron chi connectivity index (χ0n) is 22.8. The summed E-state index contributed by atoms with van der Waals surface area (Å²) < 4.78 is 26.3. The maximum Gasteiger partial charge on any atom is 0.336 e. The van der Waals surface area contributed by atoms with Crippen molar-refractivity contribution < 1.29 is 28.4 Å². The van der Waals surface area contributed by atoms with Gasteiger partial charge in [-0.2, -0.15) is 0 Å². The molecule has 0 radical (unpaired) electrons. The molecule has 5 aliphatic rings. The van der Waals surface area contributed by atoms with Gasteiger partial charge in [-0.1, -0.05) is 30.7 Å². The zero-order valence-corrected chi connectivity index (χ0v) is 22.8. The van der Waals surface area contributed by atoms with Crippen LogP contribution in [-0.2, 0) is 37.1 Å². The molecule has 0 N–H and O–H groups in total. The van der Waals surface area contributed by atoms with E-state index in [-0.39, 0.29) is 24.1 Å². The fourth-order valence-corrected chi connectivity index (χ4v) is 7.36. The van der Waals surface area contributed by atoms with E-state index in [1.54, 1.807) is 4.68 Å². The van der Waals surface area contributed by atoms with E-state index >= 15 is 0 Å². The summed E-state index contributed by atoms with van der Waals surface area (Å²) in [4.78, 5) is 24.2. The van der Waals surface area contributed by atoms with Crippen LogP contribution < -0.4 is 5.63 Å². The van der Waals surface area contributed by atoms with Crippen molar-refractivity contribution in [2.45, 2.75) is 90.5 Å². The van der Waals surface area contributed by atoms with Crippen LogP contribution in [0.3, 0.4) is 0 Å². The third kappa shape index (κ3) is 4.15. The van der Waals surface area contributed by atoms with E-state index < -0.39 is 24.0 Å². The summed E-state index contributed by atoms with van der Waals surface area (Å²) in [6.45, 7) is 9.04. The van der Waals surface area contributed by atoms with Crippen molar-refractivity contribution in [3.8, 4) is 0 Å². The van der Waals surface area contributed by atoms with Crippen LogP contribution in [0.25, 0.3) is 11.0 Å². The van der Waals surface area contributed by atoms with Gasteiger partial charge in [-0.25, -0.2) is 19.3 Å². The molecule has 2 bridgehead atoms. The number of ether oxygens (including phenoxy) is 3. The quantitative estimate of drug-likeness (QED) is 0.344. The van der Waals surface area contributed by atoms with Crippen LogP contribution in [0.15, 0.2) is 39.7 Å². The predicted molar refractivity (Wildman–Crippen MR) is 138 cm³/mol. The Labute approximate surface area is 226 Å². The Morgan fingerprint density at radius 1 is 1.13 bits per heavy atom. The van der Waals surface area contributed by atoms with Crippen LogP contribution in [0.1, 0.15) is 63.3 Å². The largest absolute Gasteiger partial charge is 0.423 e. The molecule has 10 heteroatoms. The average molecular weight is 538 g/mol. The summed E-state index contributed by atoms with van der Waals surface area (Å²) in [6.07, 6.45) is 4.74. The number of fused-ring (bicyclic) bond motifs is 3. The summed E-state index contributed by atoms with van der Waals surface area (Å²) in [7, 11) is 0. The highest BCUT2D eigenvalue weighted by molar-refractivity contribution is 5.80. The Morgan fingerprint density at radius 2 is 2.00 bits per heavy atom. The summed E-state index contributed by atoms with van der Waals surface area (Å²) in [5, 5.41) is 9.48. The first-order valence-electron chi connectivity index (χ1n) is 14.0. The number of benzene rings is 1. The number of hydrogen-bond acceptors (Lipinski definition) is 9. The summed E-state index contributed by atoms with van der Waals surface area (Å²) in [5.74, 6) is 0.287. The Balaban J connectivity index is 1.08. The van der Waals surface area contributed by atoms with Crippen molar-refractivity contribution >= 4 is 11.0 Å². The number of aryl methyl sites for hydroxylation is 1. The minimum Gasteiger partial charge on any atom is -0.423 e. The molecular weight excluding hydrogens is 502 g/mol. The second kappa shape index (κ2) is 9.21. The molecule has 8 atom stereocenters. The molecule has 2 aromatic heterocycles. The van der Waals surface area contributed by atoms with E-state index in [9.17, 15) is 4.79 Å². The minimum atomic E-state index is -0.817. The van der Waals surface area contributed by atoms with E-state index in [4.69, 9.17) is 28.4 Å². The molecule has 39 heavy (non-hydrogen) atoms. The van der Waals surface area contributed by atoms with Gasteiger partial charge in [0.05, 0.1) is 19.3 Å². The normalized spacial score (nSPS) is 37.5. The molecular formula is C29H35N3O7. The third-order valence-corrected chi connectivity index (χ3v) is 9.39. The molecule has 0 amide bonds. The molecule has 1 spiro atoms. The van der Waals surface area contributed by atoms with Crippen molar-refractivity contribution in [1.29, 1.82) is 0 Å². The van der Waals surface area contributed by atoms with Crippen LogP contribution in [0.4, 0.5) is 0 Å². The van der Waals surface area contributed by atoms with Gasteiger partial charge in [-0.3, -0.25) is 0 Å². The van der Waals surface area contributed by atoms with Crippen LogP contribution >= 0.6 is 0 Å². The van der Waals surface area contributed by atoms with E-state index in [2.05, 4.69) is 24.2 Å². The van der Waals surface area contributed by atoms with Gasteiger partial charge in [0.25, 0.3) is 0 Å². The maximum atomic E-state index is 12.1. The van der Waals surface area contributed by atoms with Gasteiger partial charge in [0.1, 0.15) is 11.3 Å². The number of rotatable bonds is 5. The van der Waals surface area contributed by atoms with Crippen molar-refractivity contribution in [1.82, 2.24) is 15.0 Å². The molecule has 1 aliphatic carbocycles. The average Bonchev–Trinajstić information content (AvgIpc) is 3.22. The van der Waals surface area contributed by atoms with E-state index in [0.29, 0.717) is 29.7 Å². The SMILES string of the molecule is Cc1ccc2oc(=O)cc(Cn3cc(CO[C@H]4O[C@@H]5O[C@@]6(C)CC[C@H]7[C@H](C)CC[C@@H]([C@H]4C)[C@@]57OO6)nn3)c2c1. The van der Waals surface area contributed by atoms with Gasteiger partial charge in [-0.15, -0.1) is 5.10 Å². The number of hydrogen-bond donors (Lipinski definition) is 0. The van der Waals surface area contributed by atoms with Crippen molar-refractivity contribution in [2.24, 2.45) is 23.7 Å². The van der Waals surface area contributed by atoms with Gasteiger partial charge >= 0.3 is 5.63 Å². The molecule has 4 aliphatic heterocycles. The first-order chi connectivity index (χ1) is 18.7. The molecule has 8 rings (SSSR count). The Bertz CT molecular complexity index is 1450. The number of aromatic nitrogens is 3. The fourth-order valence-electron chi connectivity index (χ4n) is 7.36. The molecule has 208 valence electrons. The van der Waals surface area contributed by atoms with E-state index in [1.165, 1.54) is 6.07 Å². The van der Waals surface area contributed by atoms with Crippen LogP contribution in [0.2, 0.25) is 0 Å². The first kappa shape index (κ1) is 25.3. The molecule has 0 unspecified atom stereocenters. The Morgan fingerprint density at radius 3 is 2.87 bits per heavy atom. The highest BCUT2D eigenvalue weighted by Gasteiger charge is 2.69. The van der Waals surface area contributed by atoms with Crippen LogP contribution in [0.5, 0.6) is 0 Å². The zero-order chi connectivity index (χ0) is 26.9. The van der Waals surface area contributed by atoms with Gasteiger partial charge < -0.3 is 18.6 Å². The lowest BCUT2D eigenvalue weighted by atomic mass is 9.58. The van der Waals surface area contributed by atoms with Gasteiger partial charge in [0.15, 0.2) is 18.2 Å². The lowest BCUT2D eigenvalue weighted by Crippen LogP contribution is -2.70. The third-order valence-electron chi connectivity index (χ3n) is 9.39. The smallest absolute Gasteiger partial charge is 0.336 e. The molecule has 3 aromatic rings. The Kier molecular flexibility index (Phi) is 5.98. The van der Waals surface area contributed by atoms with Gasteiger partial charge in [0.2, 0.25) is 5.79 Å². The molecule has 1 aromatic carbocycles. The molecule has 4 saturated heterocycles. The van der Waals surface area contributed by atoms with Gasteiger partial charge in [-0.05, 0) is 62.6 Å². The lowest BCUT2D eigenvalue weighted by Gasteiger charge is -2.60. The standard InChI is InChI=1S/C29H35N3O7/c1-16-5-8-24-21(11-16)19(12-25(33)35-24)13-32-14-20(30-31-32)15-34-26-18(3)23-7-6-17(2)22-9-10-28(4)37-27(36-26)29(22,23)39-38-28/h5,8,11-12,14,17-18,22-23,26-27H,6-7,9-10,13,15H2,1-4H3/t17-,18-,22+,23+,26+,27-,28-,29-/m1/s1. The topological polar surface area (TPSA) is 107 Å². The second-order valence-corrected chi connectivity index (χ2v) is 12.1. The first-order valence-corrected chi connectivity index (χ1v) is 14.0. The highest BCUT2D eigenvalue weighted by Crippen LogP contribution is 2.60. The monoisotopic (exact) mass is 537 g/mol. The van der Waals surface area contributed by atoms with Crippen molar-refractivity contribution in [3.63, 3.8) is 0 Å². The molecule has 6 heterocycles. The van der Waals surface area contributed by atoms with Gasteiger partial charge in [0, 0.05) is 29.7 Å². The lowest BCUT2D eigenvalue weighted by molar-refractivity contribution is -0.577.